The second-order valence-corrected chi connectivity index (χ2v) is 10.2. The average molecular weight is 329 g/mol. The molecule has 3 heteroatoms. The van der Waals surface area contributed by atoms with E-state index in [0.717, 1.165) is 35.5 Å². The van der Waals surface area contributed by atoms with Crippen LogP contribution in [0.4, 0.5) is 4.79 Å². The second-order valence-electron chi connectivity index (χ2n) is 10.2. The van der Waals surface area contributed by atoms with E-state index in [9.17, 15) is 4.79 Å². The zero-order chi connectivity index (χ0) is 15.9. The van der Waals surface area contributed by atoms with E-state index >= 15 is 0 Å². The van der Waals surface area contributed by atoms with Crippen LogP contribution in [0.1, 0.15) is 77.0 Å². The molecule has 0 unspecified atom stereocenters. The summed E-state index contributed by atoms with van der Waals surface area (Å²) in [5.41, 5.74) is 0.352. The Morgan fingerprint density at radius 1 is 0.708 bits per heavy atom. The summed E-state index contributed by atoms with van der Waals surface area (Å²) in [5.74, 6) is 4.96. The van der Waals surface area contributed by atoms with Gasteiger partial charge in [0.05, 0.1) is 0 Å². The van der Waals surface area contributed by atoms with Crippen LogP contribution in [-0.4, -0.2) is 17.1 Å². The molecule has 0 aromatic heterocycles. The maximum absolute atomic E-state index is 13.2. The Balaban J connectivity index is 1.23. The first-order chi connectivity index (χ1) is 11.7. The van der Waals surface area contributed by atoms with Crippen LogP contribution < -0.4 is 10.6 Å². The molecule has 6 aliphatic carbocycles. The lowest BCUT2D eigenvalue weighted by atomic mass is 9.74. The average Bonchev–Trinajstić information content (AvgIpc) is 3.34. The minimum atomic E-state index is 0.176. The summed E-state index contributed by atoms with van der Waals surface area (Å²) < 4.78 is 0. The Morgan fingerprint density at radius 3 is 1.71 bits per heavy atom. The van der Waals surface area contributed by atoms with Gasteiger partial charge in [0, 0.05) is 11.1 Å². The van der Waals surface area contributed by atoms with Crippen molar-refractivity contribution in [3.8, 4) is 0 Å². The van der Waals surface area contributed by atoms with Gasteiger partial charge in [-0.25, -0.2) is 4.79 Å². The van der Waals surface area contributed by atoms with Gasteiger partial charge in [-0.15, -0.1) is 0 Å². The summed E-state index contributed by atoms with van der Waals surface area (Å²) in [5, 5.41) is 7.26. The van der Waals surface area contributed by atoms with Gasteiger partial charge < -0.3 is 10.6 Å². The number of hydrogen-bond acceptors (Lipinski definition) is 1. The molecule has 24 heavy (non-hydrogen) atoms. The first-order valence-electron chi connectivity index (χ1n) is 10.8. The molecule has 0 aliphatic heterocycles. The molecular weight excluding hydrogens is 296 g/mol. The van der Waals surface area contributed by atoms with E-state index in [1.165, 1.54) is 77.0 Å². The molecule has 0 aromatic rings. The number of rotatable bonds is 2. The van der Waals surface area contributed by atoms with Crippen molar-refractivity contribution in [3.05, 3.63) is 0 Å². The van der Waals surface area contributed by atoms with Gasteiger partial charge in [-0.05, 0) is 99.7 Å². The molecule has 2 N–H and O–H groups in total. The second kappa shape index (κ2) is 4.71. The van der Waals surface area contributed by atoms with Crippen LogP contribution >= 0.6 is 0 Å². The third-order valence-corrected chi connectivity index (χ3v) is 9.77. The van der Waals surface area contributed by atoms with E-state index in [2.05, 4.69) is 10.6 Å². The number of nitrogens with one attached hydrogen (secondary N) is 2. The van der Waals surface area contributed by atoms with Gasteiger partial charge in [-0.1, -0.05) is 12.8 Å². The SMILES string of the molecule is O=C(N[C@]12CCC[C@@H]1[C@H]1CC[C@@H]2C1)N[C@]12CCC[C@H]1[C@H]1CC[C@@H]2C1. The number of carbonyl (C=O) groups excluding carboxylic acids is 1. The Kier molecular flexibility index (Phi) is 2.83. The number of carbonyl (C=O) groups is 1. The maximum atomic E-state index is 13.2. The van der Waals surface area contributed by atoms with E-state index in [1.807, 2.05) is 0 Å². The van der Waals surface area contributed by atoms with Gasteiger partial charge in [-0.3, -0.25) is 0 Å². The van der Waals surface area contributed by atoms with Crippen molar-refractivity contribution < 1.29 is 4.79 Å². The number of fused-ring (bicyclic) bond motifs is 10. The minimum absolute atomic E-state index is 0.176. The van der Waals surface area contributed by atoms with Gasteiger partial charge in [0.25, 0.3) is 0 Å². The van der Waals surface area contributed by atoms with Crippen molar-refractivity contribution >= 4 is 6.03 Å². The predicted molar refractivity (Wildman–Crippen MR) is 93.5 cm³/mol. The van der Waals surface area contributed by atoms with Crippen molar-refractivity contribution in [2.45, 2.75) is 88.1 Å². The van der Waals surface area contributed by atoms with Crippen LogP contribution in [0, 0.1) is 35.5 Å². The zero-order valence-electron chi connectivity index (χ0n) is 14.9. The highest BCUT2D eigenvalue weighted by Crippen LogP contribution is 2.62. The van der Waals surface area contributed by atoms with E-state index < -0.39 is 0 Å². The summed E-state index contributed by atoms with van der Waals surface area (Å²) in [7, 11) is 0. The third kappa shape index (κ3) is 1.63. The van der Waals surface area contributed by atoms with E-state index in [4.69, 9.17) is 0 Å². The molecule has 3 nitrogen and oxygen atoms in total. The van der Waals surface area contributed by atoms with Gasteiger partial charge in [0.1, 0.15) is 0 Å². The molecule has 2 amide bonds. The van der Waals surface area contributed by atoms with Crippen LogP contribution in [0.5, 0.6) is 0 Å². The Labute approximate surface area is 145 Å². The summed E-state index contributed by atoms with van der Waals surface area (Å²) in [6, 6.07) is 0.203. The lowest BCUT2D eigenvalue weighted by Crippen LogP contribution is -2.63. The largest absolute Gasteiger partial charge is 0.332 e. The van der Waals surface area contributed by atoms with Gasteiger partial charge in [0.2, 0.25) is 0 Å². The monoisotopic (exact) mass is 328 g/mol. The summed E-state index contributed by atoms with van der Waals surface area (Å²) in [6.45, 7) is 0. The molecule has 6 fully saturated rings. The third-order valence-electron chi connectivity index (χ3n) is 9.77. The molecule has 6 aliphatic rings. The van der Waals surface area contributed by atoms with Gasteiger partial charge >= 0.3 is 6.03 Å². The molecule has 132 valence electrons. The Hall–Kier alpha value is -0.730. The topological polar surface area (TPSA) is 41.1 Å². The lowest BCUT2D eigenvalue weighted by molar-refractivity contribution is 0.131. The van der Waals surface area contributed by atoms with Crippen LogP contribution in [0.3, 0.4) is 0 Å². The Morgan fingerprint density at radius 2 is 1.21 bits per heavy atom. The molecule has 4 bridgehead atoms. The van der Waals surface area contributed by atoms with E-state index in [0.29, 0.717) is 0 Å². The van der Waals surface area contributed by atoms with Crippen molar-refractivity contribution in [3.63, 3.8) is 0 Å². The van der Waals surface area contributed by atoms with Crippen molar-refractivity contribution in [1.82, 2.24) is 10.6 Å². The summed E-state index contributed by atoms with van der Waals surface area (Å²) in [6.07, 6.45) is 16.2. The van der Waals surface area contributed by atoms with Crippen LogP contribution in [0.25, 0.3) is 0 Å². The van der Waals surface area contributed by atoms with Crippen LogP contribution in [0.15, 0.2) is 0 Å². The normalized spacial score (nSPS) is 56.5. The fourth-order valence-electron chi connectivity index (χ4n) is 9.11. The fourth-order valence-corrected chi connectivity index (χ4v) is 9.11. The standard InChI is InChI=1S/C21H32N2O/c24-19(22-20-9-1-3-17(20)13-5-7-15(20)11-13)23-21-10-2-4-18(21)14-6-8-16(21)12-14/h13-18H,1-12H2,(H2,22,23,24)/t13-,14-,15+,16+,17-,18+,20-,21-/m0/s1. The fraction of sp³-hybridized carbons (Fsp3) is 0.952. The molecule has 6 saturated carbocycles. The number of amides is 2. The molecule has 6 rings (SSSR count). The van der Waals surface area contributed by atoms with Crippen LogP contribution in [0.2, 0.25) is 0 Å². The zero-order valence-corrected chi connectivity index (χ0v) is 14.9. The number of hydrogen-bond donors (Lipinski definition) is 2. The van der Waals surface area contributed by atoms with E-state index in [1.54, 1.807) is 0 Å². The van der Waals surface area contributed by atoms with Gasteiger partial charge in [0.15, 0.2) is 0 Å². The van der Waals surface area contributed by atoms with Crippen molar-refractivity contribution in [2.24, 2.45) is 35.5 Å². The van der Waals surface area contributed by atoms with Crippen molar-refractivity contribution in [1.29, 1.82) is 0 Å². The molecule has 0 aromatic carbocycles. The Bertz CT molecular complexity index is 528. The maximum Gasteiger partial charge on any atom is 0.315 e. The quantitative estimate of drug-likeness (QED) is 0.783. The molecular formula is C21H32N2O. The summed E-state index contributed by atoms with van der Waals surface area (Å²) >= 11 is 0. The highest BCUT2D eigenvalue weighted by Gasteiger charge is 2.63. The molecule has 0 saturated heterocycles. The highest BCUT2D eigenvalue weighted by molar-refractivity contribution is 5.76. The molecule has 0 heterocycles. The number of urea groups is 1. The first-order valence-corrected chi connectivity index (χ1v) is 10.8. The van der Waals surface area contributed by atoms with Crippen molar-refractivity contribution in [2.75, 3.05) is 0 Å². The highest BCUT2D eigenvalue weighted by atomic mass is 16.2. The minimum Gasteiger partial charge on any atom is -0.332 e. The predicted octanol–water partition coefficient (Wildman–Crippen LogP) is 4.22. The smallest absolute Gasteiger partial charge is 0.315 e. The molecule has 0 spiro atoms. The molecule has 0 radical (unpaired) electrons. The lowest BCUT2D eigenvalue weighted by Gasteiger charge is -2.44. The molecule has 8 atom stereocenters. The summed E-state index contributed by atoms with van der Waals surface area (Å²) in [4.78, 5) is 13.2. The van der Waals surface area contributed by atoms with E-state index in [-0.39, 0.29) is 17.1 Å². The van der Waals surface area contributed by atoms with Crippen LogP contribution in [-0.2, 0) is 0 Å². The van der Waals surface area contributed by atoms with Gasteiger partial charge in [-0.2, -0.15) is 0 Å². The first kappa shape index (κ1) is 14.4.